The Bertz CT molecular complexity index is 996. The molecular weight excluding hydrogens is 430 g/mol. The van der Waals surface area contributed by atoms with Crippen LogP contribution in [0.4, 0.5) is 11.4 Å². The van der Waals surface area contributed by atoms with Crippen molar-refractivity contribution in [2.75, 3.05) is 43.4 Å². The maximum Gasteiger partial charge on any atom is 0.291 e. The van der Waals surface area contributed by atoms with Gasteiger partial charge in [0.15, 0.2) is 5.76 Å². The molecule has 0 spiro atoms. The molecule has 4 rings (SSSR count). The van der Waals surface area contributed by atoms with Crippen LogP contribution in [0.3, 0.4) is 0 Å². The van der Waals surface area contributed by atoms with Crippen LogP contribution in [0.1, 0.15) is 10.6 Å². The van der Waals surface area contributed by atoms with Crippen LogP contribution in [-0.4, -0.2) is 44.0 Å². The van der Waals surface area contributed by atoms with Gasteiger partial charge in [-0.3, -0.25) is 4.79 Å². The lowest BCUT2D eigenvalue weighted by molar-refractivity contribution is 0.0998. The highest BCUT2D eigenvalue weighted by molar-refractivity contribution is 9.10. The van der Waals surface area contributed by atoms with Crippen LogP contribution in [0.25, 0.3) is 11.0 Å². The Kier molecular flexibility index (Phi) is 5.12. The first-order valence-corrected chi connectivity index (χ1v) is 9.91. The smallest absolute Gasteiger partial charge is 0.291 e. The van der Waals surface area contributed by atoms with Crippen molar-refractivity contribution in [1.29, 1.82) is 0 Å². The fourth-order valence-corrected chi connectivity index (χ4v) is 3.89. The molecule has 2 aromatic carbocycles. The minimum absolute atomic E-state index is 0.265. The van der Waals surface area contributed by atoms with Gasteiger partial charge in [0.1, 0.15) is 5.58 Å². The summed E-state index contributed by atoms with van der Waals surface area (Å²) in [4.78, 5) is 17.4. The number of anilines is 2. The predicted molar refractivity (Wildman–Crippen MR) is 113 cm³/mol. The molecule has 1 amide bonds. The zero-order valence-electron chi connectivity index (χ0n) is 14.8. The largest absolute Gasteiger partial charge is 0.450 e. The zero-order chi connectivity index (χ0) is 19.0. The molecule has 0 aliphatic carbocycles. The van der Waals surface area contributed by atoms with Gasteiger partial charge in [-0.15, -0.1) is 0 Å². The molecule has 1 N–H and O–H groups in total. The fraction of sp³-hybridized carbons (Fsp3) is 0.250. The molecule has 0 atom stereocenters. The van der Waals surface area contributed by atoms with E-state index in [0.717, 1.165) is 41.7 Å². The van der Waals surface area contributed by atoms with Gasteiger partial charge in [0.05, 0.1) is 15.8 Å². The van der Waals surface area contributed by atoms with E-state index >= 15 is 0 Å². The molecule has 0 radical (unpaired) electrons. The summed E-state index contributed by atoms with van der Waals surface area (Å²) in [6, 6.07) is 13.0. The number of carbonyl (C=O) groups excluding carboxylic acids is 1. The zero-order valence-corrected chi connectivity index (χ0v) is 17.2. The lowest BCUT2D eigenvalue weighted by Crippen LogP contribution is -2.44. The van der Waals surface area contributed by atoms with E-state index in [4.69, 9.17) is 16.0 Å². The number of furan rings is 1. The molecule has 0 bridgehead atoms. The van der Waals surface area contributed by atoms with Crippen molar-refractivity contribution < 1.29 is 9.21 Å². The third-order valence-electron chi connectivity index (χ3n) is 4.77. The molecule has 27 heavy (non-hydrogen) atoms. The Morgan fingerprint density at radius 1 is 1.15 bits per heavy atom. The second kappa shape index (κ2) is 7.54. The first-order valence-electron chi connectivity index (χ1n) is 8.74. The third-order valence-corrected chi connectivity index (χ3v) is 5.63. The van der Waals surface area contributed by atoms with Crippen molar-refractivity contribution >= 4 is 55.8 Å². The van der Waals surface area contributed by atoms with Crippen LogP contribution in [0.5, 0.6) is 0 Å². The molecule has 0 unspecified atom stereocenters. The van der Waals surface area contributed by atoms with Gasteiger partial charge in [0.2, 0.25) is 0 Å². The van der Waals surface area contributed by atoms with E-state index in [1.165, 1.54) is 0 Å². The number of nitrogens with one attached hydrogen (secondary N) is 1. The molecular formula is C20H19BrClN3O2. The summed E-state index contributed by atoms with van der Waals surface area (Å²) < 4.78 is 6.57. The van der Waals surface area contributed by atoms with Gasteiger partial charge in [0, 0.05) is 36.6 Å². The first-order chi connectivity index (χ1) is 13.0. The molecule has 1 aromatic heterocycles. The molecule has 2 heterocycles. The van der Waals surface area contributed by atoms with E-state index in [9.17, 15) is 4.79 Å². The molecule has 1 saturated heterocycles. The number of amides is 1. The molecule has 7 heteroatoms. The summed E-state index contributed by atoms with van der Waals surface area (Å²) in [7, 11) is 2.11. The lowest BCUT2D eigenvalue weighted by atomic mass is 10.2. The van der Waals surface area contributed by atoms with Crippen molar-refractivity contribution in [3.05, 3.63) is 57.7 Å². The summed E-state index contributed by atoms with van der Waals surface area (Å²) >= 11 is 9.64. The van der Waals surface area contributed by atoms with Gasteiger partial charge in [0.25, 0.3) is 5.91 Å². The van der Waals surface area contributed by atoms with Gasteiger partial charge >= 0.3 is 0 Å². The summed E-state index contributed by atoms with van der Waals surface area (Å²) in [6.07, 6.45) is 0. The number of benzene rings is 2. The van der Waals surface area contributed by atoms with Crippen molar-refractivity contribution in [3.8, 4) is 0 Å². The van der Waals surface area contributed by atoms with E-state index < -0.39 is 0 Å². The van der Waals surface area contributed by atoms with E-state index in [2.05, 4.69) is 38.1 Å². The second-order valence-corrected chi connectivity index (χ2v) is 7.97. The number of piperazine rings is 1. The van der Waals surface area contributed by atoms with Crippen LogP contribution in [0.2, 0.25) is 5.02 Å². The summed E-state index contributed by atoms with van der Waals surface area (Å²) in [5.74, 6) is -0.0306. The molecule has 0 saturated carbocycles. The van der Waals surface area contributed by atoms with Crippen LogP contribution in [0.15, 0.2) is 51.4 Å². The minimum Gasteiger partial charge on any atom is -0.450 e. The van der Waals surface area contributed by atoms with Crippen LogP contribution >= 0.6 is 27.5 Å². The molecule has 1 aliphatic rings. The highest BCUT2D eigenvalue weighted by Crippen LogP contribution is 2.32. The quantitative estimate of drug-likeness (QED) is 0.622. The van der Waals surface area contributed by atoms with Crippen molar-refractivity contribution in [2.24, 2.45) is 0 Å². The number of para-hydroxylation sites is 1. The lowest BCUT2D eigenvalue weighted by Gasteiger charge is -2.35. The number of likely N-dealkylation sites (N-methyl/N-ethyl adjacent to an activating group) is 1. The Balaban J connectivity index is 1.62. The highest BCUT2D eigenvalue weighted by atomic mass is 79.9. The Hall–Kier alpha value is -2.02. The van der Waals surface area contributed by atoms with Gasteiger partial charge in [-0.25, -0.2) is 0 Å². The van der Waals surface area contributed by atoms with E-state index in [-0.39, 0.29) is 11.7 Å². The summed E-state index contributed by atoms with van der Waals surface area (Å²) in [5, 5.41) is 4.42. The van der Waals surface area contributed by atoms with Gasteiger partial charge in [-0.2, -0.15) is 0 Å². The van der Waals surface area contributed by atoms with E-state index in [0.29, 0.717) is 16.3 Å². The third kappa shape index (κ3) is 3.83. The maximum absolute atomic E-state index is 12.8. The molecule has 5 nitrogen and oxygen atoms in total. The van der Waals surface area contributed by atoms with Gasteiger partial charge in [-0.05, 0) is 53.3 Å². The second-order valence-electron chi connectivity index (χ2n) is 6.67. The Labute approximate surface area is 171 Å². The number of rotatable bonds is 3. The molecule has 140 valence electrons. The van der Waals surface area contributed by atoms with E-state index in [1.54, 1.807) is 12.1 Å². The first kappa shape index (κ1) is 18.3. The predicted octanol–water partition coefficient (Wildman–Crippen LogP) is 4.85. The monoisotopic (exact) mass is 447 g/mol. The maximum atomic E-state index is 12.8. The number of nitrogens with zero attached hydrogens (tertiary/aromatic N) is 2. The van der Waals surface area contributed by atoms with Crippen molar-refractivity contribution in [1.82, 2.24) is 4.90 Å². The number of hydrogen-bond acceptors (Lipinski definition) is 4. The summed E-state index contributed by atoms with van der Waals surface area (Å²) in [6.45, 7) is 3.76. The normalized spacial score (nSPS) is 15.3. The molecule has 3 aromatic rings. The van der Waals surface area contributed by atoms with Crippen molar-refractivity contribution in [2.45, 2.75) is 0 Å². The number of hydrogen-bond donors (Lipinski definition) is 1. The number of halogens is 2. The SMILES string of the molecule is CN1CCN(c2ccc(Cl)cc2NC(=O)c2cc3cccc(Br)c3o2)CC1. The molecule has 1 fully saturated rings. The standard InChI is InChI=1S/C20H19BrClN3O2/c1-24-7-9-25(10-8-24)17-6-5-14(22)12-16(17)23-20(26)18-11-13-3-2-4-15(21)19(13)27-18/h2-6,11-12H,7-10H2,1H3,(H,23,26). The van der Waals surface area contributed by atoms with Crippen molar-refractivity contribution in [3.63, 3.8) is 0 Å². The van der Waals surface area contributed by atoms with Gasteiger partial charge < -0.3 is 19.5 Å². The van der Waals surface area contributed by atoms with Crippen LogP contribution < -0.4 is 10.2 Å². The van der Waals surface area contributed by atoms with E-state index in [1.807, 2.05) is 30.3 Å². The topological polar surface area (TPSA) is 48.7 Å². The number of carbonyl (C=O) groups is 1. The fourth-order valence-electron chi connectivity index (χ4n) is 3.25. The van der Waals surface area contributed by atoms with Crippen LogP contribution in [-0.2, 0) is 0 Å². The van der Waals surface area contributed by atoms with Crippen LogP contribution in [0, 0.1) is 0 Å². The average Bonchev–Trinajstić information content (AvgIpc) is 3.09. The highest BCUT2D eigenvalue weighted by Gasteiger charge is 2.20. The molecule has 1 aliphatic heterocycles. The average molecular weight is 449 g/mol. The Morgan fingerprint density at radius 3 is 2.67 bits per heavy atom. The van der Waals surface area contributed by atoms with Gasteiger partial charge in [-0.1, -0.05) is 23.7 Å². The number of fused-ring (bicyclic) bond motifs is 1. The summed E-state index contributed by atoms with van der Waals surface area (Å²) in [5.41, 5.74) is 2.32. The minimum atomic E-state index is -0.296. The Morgan fingerprint density at radius 2 is 1.93 bits per heavy atom.